The number of imidazole rings is 1. The SMILES string of the molecule is COc1ccc2nc3n(c2c1)CC1COC3(c2ccccc2)O1. The average molecular weight is 308 g/mol. The summed E-state index contributed by atoms with van der Waals surface area (Å²) in [5.74, 6) is 0.727. The number of rotatable bonds is 2. The lowest BCUT2D eigenvalue weighted by atomic mass is 10.0. The van der Waals surface area contributed by atoms with Gasteiger partial charge < -0.3 is 18.8 Å². The van der Waals surface area contributed by atoms with Crippen LogP contribution in [0.4, 0.5) is 0 Å². The number of methoxy groups -OCH3 is 1. The third-order valence-corrected chi connectivity index (χ3v) is 4.59. The Morgan fingerprint density at radius 3 is 2.91 bits per heavy atom. The molecule has 3 aromatic rings. The lowest BCUT2D eigenvalue weighted by Crippen LogP contribution is -2.38. The second kappa shape index (κ2) is 4.57. The van der Waals surface area contributed by atoms with Crippen molar-refractivity contribution in [3.63, 3.8) is 0 Å². The van der Waals surface area contributed by atoms with Crippen LogP contribution in [0.25, 0.3) is 11.0 Å². The molecule has 2 bridgehead atoms. The van der Waals surface area contributed by atoms with Crippen molar-refractivity contribution in [1.29, 1.82) is 0 Å². The summed E-state index contributed by atoms with van der Waals surface area (Å²) in [5, 5.41) is 0. The van der Waals surface area contributed by atoms with Crippen molar-refractivity contribution in [2.24, 2.45) is 0 Å². The zero-order valence-corrected chi connectivity index (χ0v) is 12.7. The molecule has 2 aromatic carbocycles. The van der Waals surface area contributed by atoms with Crippen molar-refractivity contribution in [1.82, 2.24) is 9.55 Å². The van der Waals surface area contributed by atoms with Gasteiger partial charge in [0.05, 0.1) is 31.3 Å². The molecule has 1 fully saturated rings. The quantitative estimate of drug-likeness (QED) is 0.730. The van der Waals surface area contributed by atoms with E-state index in [1.54, 1.807) is 7.11 Å². The van der Waals surface area contributed by atoms with Crippen LogP contribution in [0, 0.1) is 0 Å². The number of hydrogen-bond donors (Lipinski definition) is 0. The van der Waals surface area contributed by atoms with Gasteiger partial charge in [-0.1, -0.05) is 30.3 Å². The van der Waals surface area contributed by atoms with Crippen molar-refractivity contribution in [2.75, 3.05) is 13.7 Å². The summed E-state index contributed by atoms with van der Waals surface area (Å²) in [4.78, 5) is 4.81. The highest BCUT2D eigenvalue weighted by atomic mass is 16.7. The minimum Gasteiger partial charge on any atom is -0.497 e. The van der Waals surface area contributed by atoms with Gasteiger partial charge in [-0.25, -0.2) is 4.98 Å². The Morgan fingerprint density at radius 2 is 2.09 bits per heavy atom. The molecule has 5 heteroatoms. The first-order valence-electron chi connectivity index (χ1n) is 7.72. The van der Waals surface area contributed by atoms with E-state index in [0.29, 0.717) is 6.61 Å². The molecule has 2 aliphatic rings. The average Bonchev–Trinajstić information content (AvgIpc) is 3.16. The van der Waals surface area contributed by atoms with Crippen LogP contribution in [0.2, 0.25) is 0 Å². The molecule has 0 saturated carbocycles. The molecule has 1 saturated heterocycles. The summed E-state index contributed by atoms with van der Waals surface area (Å²) >= 11 is 0. The predicted octanol–water partition coefficient (Wildman–Crippen LogP) is 2.68. The minimum absolute atomic E-state index is 0.0336. The van der Waals surface area contributed by atoms with E-state index < -0.39 is 5.79 Å². The largest absolute Gasteiger partial charge is 0.497 e. The Labute approximate surface area is 133 Å². The molecule has 5 rings (SSSR count). The van der Waals surface area contributed by atoms with Gasteiger partial charge in [0.2, 0.25) is 0 Å². The van der Waals surface area contributed by atoms with Gasteiger partial charge in [0.1, 0.15) is 11.9 Å². The molecule has 2 aliphatic heterocycles. The van der Waals surface area contributed by atoms with Crippen molar-refractivity contribution < 1.29 is 14.2 Å². The molecular formula is C18H16N2O3. The Bertz CT molecular complexity index is 890. The van der Waals surface area contributed by atoms with Gasteiger partial charge in [-0.15, -0.1) is 0 Å². The number of fused-ring (bicyclic) bond motifs is 6. The van der Waals surface area contributed by atoms with E-state index in [-0.39, 0.29) is 6.10 Å². The molecule has 5 nitrogen and oxygen atoms in total. The summed E-state index contributed by atoms with van der Waals surface area (Å²) < 4.78 is 19.9. The zero-order chi connectivity index (χ0) is 15.4. The fourth-order valence-electron chi connectivity index (χ4n) is 3.53. The third-order valence-electron chi connectivity index (χ3n) is 4.59. The second-order valence-electron chi connectivity index (χ2n) is 5.93. The standard InChI is InChI=1S/C18H16N2O3/c1-21-13-7-8-15-16(9-13)20-10-14-11-22-18(23-14,17(20)19-15)12-5-3-2-4-6-12/h2-9,14H,10-11H2,1H3. The molecule has 0 N–H and O–H groups in total. The third kappa shape index (κ3) is 1.72. The Balaban J connectivity index is 1.78. The van der Waals surface area contributed by atoms with Crippen molar-refractivity contribution in [3.05, 3.63) is 59.9 Å². The molecule has 3 heterocycles. The van der Waals surface area contributed by atoms with E-state index in [9.17, 15) is 0 Å². The topological polar surface area (TPSA) is 45.5 Å². The Kier molecular flexibility index (Phi) is 2.60. The molecule has 1 aromatic heterocycles. The summed E-state index contributed by atoms with van der Waals surface area (Å²) in [6.45, 7) is 1.32. The molecule has 2 atom stereocenters. The highest BCUT2D eigenvalue weighted by Gasteiger charge is 2.52. The summed E-state index contributed by atoms with van der Waals surface area (Å²) in [6.07, 6.45) is 0.0336. The van der Waals surface area contributed by atoms with Crippen molar-refractivity contribution in [3.8, 4) is 5.75 Å². The monoisotopic (exact) mass is 308 g/mol. The summed E-state index contributed by atoms with van der Waals surface area (Å²) in [6, 6.07) is 16.0. The van der Waals surface area contributed by atoms with Gasteiger partial charge in [0.15, 0.2) is 5.82 Å². The van der Waals surface area contributed by atoms with Crippen molar-refractivity contribution >= 4 is 11.0 Å². The van der Waals surface area contributed by atoms with E-state index in [4.69, 9.17) is 19.2 Å². The molecule has 0 spiro atoms. The first-order chi connectivity index (χ1) is 11.3. The smallest absolute Gasteiger partial charge is 0.256 e. The Morgan fingerprint density at radius 1 is 1.22 bits per heavy atom. The minimum atomic E-state index is -0.906. The van der Waals surface area contributed by atoms with Crippen LogP contribution in [0.15, 0.2) is 48.5 Å². The molecule has 0 radical (unpaired) electrons. The highest BCUT2D eigenvalue weighted by Crippen LogP contribution is 2.45. The lowest BCUT2D eigenvalue weighted by Gasteiger charge is -2.32. The molecule has 0 amide bonds. The summed E-state index contributed by atoms with van der Waals surface area (Å²) in [5.41, 5.74) is 2.96. The van der Waals surface area contributed by atoms with Gasteiger partial charge in [-0.2, -0.15) is 0 Å². The van der Waals surface area contributed by atoms with Crippen LogP contribution in [-0.4, -0.2) is 29.4 Å². The van der Waals surface area contributed by atoms with E-state index in [1.165, 1.54) is 0 Å². The second-order valence-corrected chi connectivity index (χ2v) is 5.93. The predicted molar refractivity (Wildman–Crippen MR) is 84.3 cm³/mol. The fourth-order valence-corrected chi connectivity index (χ4v) is 3.53. The number of benzene rings is 2. The van der Waals surface area contributed by atoms with Crippen LogP contribution in [0.3, 0.4) is 0 Å². The van der Waals surface area contributed by atoms with Crippen molar-refractivity contribution in [2.45, 2.75) is 18.4 Å². The van der Waals surface area contributed by atoms with Gasteiger partial charge in [0, 0.05) is 11.6 Å². The van der Waals surface area contributed by atoms with Gasteiger partial charge in [-0.05, 0) is 12.1 Å². The first-order valence-corrected chi connectivity index (χ1v) is 7.72. The molecule has 0 aliphatic carbocycles. The van der Waals surface area contributed by atoms with E-state index >= 15 is 0 Å². The molecule has 23 heavy (non-hydrogen) atoms. The van der Waals surface area contributed by atoms with Crippen LogP contribution in [0.5, 0.6) is 5.75 Å². The maximum absolute atomic E-state index is 6.25. The lowest BCUT2D eigenvalue weighted by molar-refractivity contribution is -0.162. The van der Waals surface area contributed by atoms with Crippen LogP contribution < -0.4 is 4.74 Å². The van der Waals surface area contributed by atoms with Gasteiger partial charge in [0.25, 0.3) is 5.79 Å². The number of nitrogens with zero attached hydrogens (tertiary/aromatic N) is 2. The number of ether oxygens (including phenoxy) is 3. The summed E-state index contributed by atoms with van der Waals surface area (Å²) in [7, 11) is 1.68. The molecule has 2 unspecified atom stereocenters. The highest BCUT2D eigenvalue weighted by molar-refractivity contribution is 5.78. The first kappa shape index (κ1) is 13.1. The van der Waals surface area contributed by atoms with Gasteiger partial charge >= 0.3 is 0 Å². The van der Waals surface area contributed by atoms with E-state index in [2.05, 4.69) is 4.57 Å². The van der Waals surface area contributed by atoms with Crippen LogP contribution in [0.1, 0.15) is 11.4 Å². The maximum Gasteiger partial charge on any atom is 0.256 e. The van der Waals surface area contributed by atoms with E-state index in [0.717, 1.165) is 34.7 Å². The maximum atomic E-state index is 6.25. The van der Waals surface area contributed by atoms with Crippen LogP contribution in [-0.2, 0) is 21.8 Å². The fraction of sp³-hybridized carbons (Fsp3) is 0.278. The normalized spacial score (nSPS) is 25.5. The molecular weight excluding hydrogens is 292 g/mol. The molecule has 116 valence electrons. The van der Waals surface area contributed by atoms with Gasteiger partial charge in [-0.3, -0.25) is 0 Å². The number of aromatic nitrogens is 2. The number of hydrogen-bond acceptors (Lipinski definition) is 4. The van der Waals surface area contributed by atoms with Crippen LogP contribution >= 0.6 is 0 Å². The van der Waals surface area contributed by atoms with E-state index in [1.807, 2.05) is 48.5 Å². The zero-order valence-electron chi connectivity index (χ0n) is 12.7. The Hall–Kier alpha value is -2.37.